The largest absolute Gasteiger partial charge is 0.497 e. The molecule has 1 heterocycles. The van der Waals surface area contributed by atoms with E-state index in [4.69, 9.17) is 14.2 Å². The van der Waals surface area contributed by atoms with E-state index in [1.165, 1.54) is 18.9 Å². The van der Waals surface area contributed by atoms with Gasteiger partial charge in [0.25, 0.3) is 5.91 Å². The number of thioether (sulfide) groups is 1. The minimum Gasteiger partial charge on any atom is -0.497 e. The van der Waals surface area contributed by atoms with Crippen molar-refractivity contribution in [2.45, 2.75) is 11.9 Å². The number of nitrogens with zero attached hydrogens (tertiary/aromatic N) is 1. The monoisotopic (exact) mass is 387 g/mol. The van der Waals surface area contributed by atoms with Crippen molar-refractivity contribution in [2.75, 3.05) is 27.1 Å². The number of methoxy groups -OCH3 is 3. The quantitative estimate of drug-likeness (QED) is 0.680. The van der Waals surface area contributed by atoms with Crippen molar-refractivity contribution in [1.82, 2.24) is 4.90 Å². The highest BCUT2D eigenvalue weighted by atomic mass is 32.2. The fraction of sp³-hybridized carbons (Fsp3) is 0.300. The van der Waals surface area contributed by atoms with Crippen molar-refractivity contribution in [3.05, 3.63) is 59.2 Å². The summed E-state index contributed by atoms with van der Waals surface area (Å²) in [6.07, 6.45) is 0. The molecule has 7 heteroatoms. The molecule has 2 aromatic carbocycles. The molecule has 0 N–H and O–H groups in total. The summed E-state index contributed by atoms with van der Waals surface area (Å²) in [7, 11) is 4.46. The molecule has 1 atom stereocenters. The molecule has 0 aromatic heterocycles. The predicted molar refractivity (Wildman–Crippen MR) is 103 cm³/mol. The van der Waals surface area contributed by atoms with Crippen molar-refractivity contribution in [3.8, 4) is 11.5 Å². The van der Waals surface area contributed by atoms with E-state index in [-0.39, 0.29) is 23.0 Å². The van der Waals surface area contributed by atoms with Crippen LogP contribution in [-0.4, -0.2) is 43.9 Å². The van der Waals surface area contributed by atoms with Gasteiger partial charge in [0.15, 0.2) is 0 Å². The van der Waals surface area contributed by atoms with Crippen LogP contribution in [0, 0.1) is 0 Å². The average Bonchev–Trinajstić information content (AvgIpc) is 2.97. The van der Waals surface area contributed by atoms with Crippen molar-refractivity contribution in [2.24, 2.45) is 0 Å². The maximum Gasteiger partial charge on any atom is 0.315 e. The highest BCUT2D eigenvalue weighted by Gasteiger charge is 2.40. The molecule has 0 spiro atoms. The second-order valence-corrected chi connectivity index (χ2v) is 7.02. The highest BCUT2D eigenvalue weighted by molar-refractivity contribution is 8.00. The molecule has 1 unspecified atom stereocenters. The lowest BCUT2D eigenvalue weighted by molar-refractivity contribution is -0.137. The van der Waals surface area contributed by atoms with Gasteiger partial charge in [0.1, 0.15) is 16.9 Å². The van der Waals surface area contributed by atoms with Crippen molar-refractivity contribution >= 4 is 23.6 Å². The average molecular weight is 387 g/mol. The maximum absolute atomic E-state index is 13.1. The third-order valence-corrected chi connectivity index (χ3v) is 5.58. The van der Waals surface area contributed by atoms with Crippen LogP contribution in [0.25, 0.3) is 0 Å². The van der Waals surface area contributed by atoms with E-state index in [9.17, 15) is 9.59 Å². The van der Waals surface area contributed by atoms with Crippen LogP contribution in [0.15, 0.2) is 42.5 Å². The maximum atomic E-state index is 13.1. The van der Waals surface area contributed by atoms with Gasteiger partial charge >= 0.3 is 5.97 Å². The summed E-state index contributed by atoms with van der Waals surface area (Å²) in [6.45, 7) is 0.429. The number of ether oxygens (including phenoxy) is 3. The van der Waals surface area contributed by atoms with Crippen LogP contribution in [0.3, 0.4) is 0 Å². The van der Waals surface area contributed by atoms with Gasteiger partial charge in [-0.1, -0.05) is 30.3 Å². The van der Waals surface area contributed by atoms with Gasteiger partial charge in [-0.2, -0.15) is 0 Å². The standard InChI is InChI=1S/C20H21NO5S/c1-24-14-9-15-18(16(10-14)25-2)20(27-12-17(22)26-3)21(19(15)23)11-13-7-5-4-6-8-13/h4-10,20H,11-12H2,1-3H3. The van der Waals surface area contributed by atoms with E-state index >= 15 is 0 Å². The van der Waals surface area contributed by atoms with Crippen LogP contribution in [0.4, 0.5) is 0 Å². The van der Waals surface area contributed by atoms with Crippen LogP contribution in [0.2, 0.25) is 0 Å². The summed E-state index contributed by atoms with van der Waals surface area (Å²) in [5.41, 5.74) is 2.30. The minimum atomic E-state index is -0.354. The zero-order valence-electron chi connectivity index (χ0n) is 15.4. The Kier molecular flexibility index (Phi) is 5.91. The molecule has 0 saturated carbocycles. The summed E-state index contributed by atoms with van der Waals surface area (Å²) in [4.78, 5) is 26.6. The smallest absolute Gasteiger partial charge is 0.315 e. The molecule has 0 aliphatic carbocycles. The molecule has 0 bridgehead atoms. The number of fused-ring (bicyclic) bond motifs is 1. The van der Waals surface area contributed by atoms with Gasteiger partial charge in [-0.05, 0) is 11.6 Å². The Balaban J connectivity index is 2.01. The van der Waals surface area contributed by atoms with Gasteiger partial charge in [0.2, 0.25) is 0 Å². The molecule has 0 fully saturated rings. The first-order valence-electron chi connectivity index (χ1n) is 8.38. The SMILES string of the molecule is COC(=O)CSC1c2c(OC)cc(OC)cc2C(=O)N1Cc1ccccc1. The fourth-order valence-electron chi connectivity index (χ4n) is 3.05. The second-order valence-electron chi connectivity index (χ2n) is 5.95. The zero-order valence-corrected chi connectivity index (χ0v) is 16.2. The Hall–Kier alpha value is -2.67. The number of esters is 1. The summed E-state index contributed by atoms with van der Waals surface area (Å²) < 4.78 is 15.6. The van der Waals surface area contributed by atoms with E-state index in [0.29, 0.717) is 23.6 Å². The Morgan fingerprint density at radius 1 is 1.11 bits per heavy atom. The van der Waals surface area contributed by atoms with E-state index in [2.05, 4.69) is 0 Å². The van der Waals surface area contributed by atoms with Gasteiger partial charge in [0.05, 0.1) is 32.6 Å². The normalized spacial score (nSPS) is 15.4. The summed E-state index contributed by atoms with van der Waals surface area (Å²) in [6, 6.07) is 13.2. The molecule has 1 aliphatic rings. The Morgan fingerprint density at radius 3 is 2.48 bits per heavy atom. The highest BCUT2D eigenvalue weighted by Crippen LogP contribution is 2.48. The minimum absolute atomic E-state index is 0.117. The molecule has 6 nitrogen and oxygen atoms in total. The van der Waals surface area contributed by atoms with Crippen molar-refractivity contribution in [3.63, 3.8) is 0 Å². The Morgan fingerprint density at radius 2 is 1.85 bits per heavy atom. The molecule has 3 rings (SSSR count). The number of rotatable bonds is 7. The lowest BCUT2D eigenvalue weighted by atomic mass is 10.1. The lowest BCUT2D eigenvalue weighted by Gasteiger charge is -2.25. The molecule has 0 saturated heterocycles. The number of amides is 1. The number of carbonyl (C=O) groups excluding carboxylic acids is 2. The van der Waals surface area contributed by atoms with Crippen LogP contribution in [-0.2, 0) is 16.1 Å². The predicted octanol–water partition coefficient (Wildman–Crippen LogP) is 3.26. The molecule has 2 aromatic rings. The van der Waals surface area contributed by atoms with Gasteiger partial charge < -0.3 is 19.1 Å². The molecule has 0 radical (unpaired) electrons. The summed E-state index contributed by atoms with van der Waals surface area (Å²) >= 11 is 1.34. The molecule has 27 heavy (non-hydrogen) atoms. The number of carbonyl (C=O) groups is 2. The van der Waals surface area contributed by atoms with E-state index in [0.717, 1.165) is 11.1 Å². The molecule has 1 amide bonds. The third kappa shape index (κ3) is 3.88. The molecular formula is C20H21NO5S. The van der Waals surface area contributed by atoms with E-state index < -0.39 is 0 Å². The van der Waals surface area contributed by atoms with Gasteiger partial charge in [-0.3, -0.25) is 9.59 Å². The molecule has 1 aliphatic heterocycles. The Bertz CT molecular complexity index is 840. The van der Waals surface area contributed by atoms with Gasteiger partial charge in [-0.25, -0.2) is 0 Å². The summed E-state index contributed by atoms with van der Waals surface area (Å²) in [5.74, 6) is 0.795. The first-order chi connectivity index (χ1) is 13.1. The number of hydrogen-bond acceptors (Lipinski definition) is 6. The zero-order chi connectivity index (χ0) is 19.4. The van der Waals surface area contributed by atoms with Crippen LogP contribution in [0.5, 0.6) is 11.5 Å². The lowest BCUT2D eigenvalue weighted by Crippen LogP contribution is -2.27. The van der Waals surface area contributed by atoms with Gasteiger partial charge in [-0.15, -0.1) is 11.8 Å². The number of hydrogen-bond donors (Lipinski definition) is 0. The van der Waals surface area contributed by atoms with Crippen LogP contribution in [0.1, 0.15) is 26.9 Å². The van der Waals surface area contributed by atoms with Crippen LogP contribution >= 0.6 is 11.8 Å². The van der Waals surface area contributed by atoms with E-state index in [1.54, 1.807) is 31.3 Å². The van der Waals surface area contributed by atoms with E-state index in [1.807, 2.05) is 30.3 Å². The van der Waals surface area contributed by atoms with Crippen molar-refractivity contribution in [1.29, 1.82) is 0 Å². The Labute approximate surface area is 162 Å². The number of benzene rings is 2. The first-order valence-corrected chi connectivity index (χ1v) is 9.43. The van der Waals surface area contributed by atoms with Crippen LogP contribution < -0.4 is 9.47 Å². The topological polar surface area (TPSA) is 65.1 Å². The summed E-state index contributed by atoms with van der Waals surface area (Å²) in [5, 5.41) is -0.354. The molecule has 142 valence electrons. The first kappa shape index (κ1) is 19.1. The fourth-order valence-corrected chi connectivity index (χ4v) is 4.22. The van der Waals surface area contributed by atoms with Gasteiger partial charge in [0, 0.05) is 18.2 Å². The van der Waals surface area contributed by atoms with Crippen molar-refractivity contribution < 1.29 is 23.8 Å². The third-order valence-electron chi connectivity index (χ3n) is 4.37. The second kappa shape index (κ2) is 8.35. The molecular weight excluding hydrogens is 366 g/mol.